The maximum atomic E-state index is 15.4. The fourth-order valence-corrected chi connectivity index (χ4v) is 6.09. The van der Waals surface area contributed by atoms with Gasteiger partial charge in [0.2, 0.25) is 0 Å². The van der Waals surface area contributed by atoms with Crippen molar-refractivity contribution in [3.63, 3.8) is 0 Å². The van der Waals surface area contributed by atoms with Crippen LogP contribution in [0.5, 0.6) is 0 Å². The normalized spacial score (nSPS) is 19.9. The van der Waals surface area contributed by atoms with Crippen molar-refractivity contribution in [2.45, 2.75) is 31.7 Å². The fourth-order valence-electron chi connectivity index (χ4n) is 5.67. The average molecular weight is 587 g/mol. The first-order valence-corrected chi connectivity index (χ1v) is 14.7. The van der Waals surface area contributed by atoms with Crippen LogP contribution in [-0.4, -0.2) is 96.9 Å². The van der Waals surface area contributed by atoms with E-state index in [2.05, 4.69) is 50.9 Å². The number of nitrogens with one attached hydrogen (secondary N) is 2. The fraction of sp³-hybridized carbons (Fsp3) is 0.571. The molecular formula is C28H37BrFN7O. The number of hydrogen-bond donors (Lipinski definition) is 2. The van der Waals surface area contributed by atoms with Crippen LogP contribution < -0.4 is 10.2 Å². The molecule has 10 heteroatoms. The van der Waals surface area contributed by atoms with Crippen LogP contribution in [-0.2, 0) is 4.74 Å². The highest BCUT2D eigenvalue weighted by Gasteiger charge is 2.28. The van der Waals surface area contributed by atoms with Crippen molar-refractivity contribution in [2.75, 3.05) is 76.3 Å². The van der Waals surface area contributed by atoms with E-state index in [0.717, 1.165) is 92.5 Å². The van der Waals surface area contributed by atoms with Gasteiger partial charge in [0.05, 0.1) is 22.3 Å². The molecule has 0 bridgehead atoms. The smallest absolute Gasteiger partial charge is 0.180 e. The average Bonchev–Trinajstić information content (AvgIpc) is 3.65. The third kappa shape index (κ3) is 5.83. The number of rotatable bonds is 9. The van der Waals surface area contributed by atoms with E-state index >= 15 is 4.39 Å². The molecule has 38 heavy (non-hydrogen) atoms. The number of likely N-dealkylation sites (tertiary alicyclic amines) is 1. The zero-order chi connectivity index (χ0) is 26.1. The Kier molecular flexibility index (Phi) is 7.83. The van der Waals surface area contributed by atoms with E-state index in [4.69, 9.17) is 4.74 Å². The number of aromatic amines is 1. The number of anilines is 2. The molecule has 3 aromatic rings. The second-order valence-corrected chi connectivity index (χ2v) is 11.8. The maximum absolute atomic E-state index is 15.4. The van der Waals surface area contributed by atoms with Crippen molar-refractivity contribution < 1.29 is 9.13 Å². The van der Waals surface area contributed by atoms with Crippen LogP contribution in [0.3, 0.4) is 0 Å². The highest BCUT2D eigenvalue weighted by molar-refractivity contribution is 9.10. The van der Waals surface area contributed by atoms with Gasteiger partial charge in [-0.05, 0) is 65.7 Å². The molecule has 0 radical (unpaired) electrons. The summed E-state index contributed by atoms with van der Waals surface area (Å²) in [5.74, 6) is 1.16. The second kappa shape index (κ2) is 11.5. The molecule has 1 saturated carbocycles. The van der Waals surface area contributed by atoms with Gasteiger partial charge in [-0.2, -0.15) is 0 Å². The molecule has 3 aliphatic rings. The Balaban J connectivity index is 1.15. The van der Waals surface area contributed by atoms with Crippen molar-refractivity contribution in [1.82, 2.24) is 24.8 Å². The monoisotopic (exact) mass is 585 g/mol. The summed E-state index contributed by atoms with van der Waals surface area (Å²) in [6, 6.07) is 5.85. The molecule has 3 fully saturated rings. The number of fused-ring (bicyclic) bond motifs is 1. The lowest BCUT2D eigenvalue weighted by molar-refractivity contribution is 0.144. The maximum Gasteiger partial charge on any atom is 0.180 e. The number of methoxy groups -OCH3 is 1. The van der Waals surface area contributed by atoms with E-state index in [9.17, 15) is 0 Å². The molecular weight excluding hydrogens is 549 g/mol. The second-order valence-electron chi connectivity index (χ2n) is 10.9. The molecule has 2 saturated heterocycles. The minimum atomic E-state index is -0.278. The van der Waals surface area contributed by atoms with Crippen LogP contribution in [0.2, 0.25) is 0 Å². The lowest BCUT2D eigenvalue weighted by Gasteiger charge is -2.36. The number of benzene rings is 1. The summed E-state index contributed by atoms with van der Waals surface area (Å²) in [5, 5.41) is 3.73. The minimum Gasteiger partial charge on any atom is -0.383 e. The molecule has 0 unspecified atom stereocenters. The van der Waals surface area contributed by atoms with Crippen LogP contribution >= 0.6 is 15.9 Å². The summed E-state index contributed by atoms with van der Waals surface area (Å²) in [6.07, 6.45) is 6.81. The van der Waals surface area contributed by atoms with Crippen molar-refractivity contribution in [1.29, 1.82) is 0 Å². The van der Waals surface area contributed by atoms with Gasteiger partial charge < -0.3 is 24.8 Å². The van der Waals surface area contributed by atoms with Crippen molar-refractivity contribution in [2.24, 2.45) is 5.92 Å². The van der Waals surface area contributed by atoms with Crippen molar-refractivity contribution >= 4 is 38.5 Å². The van der Waals surface area contributed by atoms with Gasteiger partial charge in [-0.25, -0.2) is 14.4 Å². The predicted molar refractivity (Wildman–Crippen MR) is 153 cm³/mol. The summed E-state index contributed by atoms with van der Waals surface area (Å²) in [5.41, 5.74) is 3.72. The van der Waals surface area contributed by atoms with Gasteiger partial charge in [0.1, 0.15) is 17.2 Å². The van der Waals surface area contributed by atoms with Crippen molar-refractivity contribution in [3.05, 3.63) is 34.7 Å². The molecule has 6 rings (SSSR count). The number of aromatic nitrogens is 3. The lowest BCUT2D eigenvalue weighted by atomic mass is 10.0. The number of piperidine rings is 1. The van der Waals surface area contributed by atoms with E-state index in [-0.39, 0.29) is 5.82 Å². The molecule has 2 aromatic heterocycles. The highest BCUT2D eigenvalue weighted by atomic mass is 79.9. The van der Waals surface area contributed by atoms with Crippen LogP contribution in [0.15, 0.2) is 28.9 Å². The van der Waals surface area contributed by atoms with Gasteiger partial charge in [0.25, 0.3) is 0 Å². The number of piperazine rings is 1. The standard InChI is InChI=1S/C28H37BrFN7O/c1-38-15-14-35-10-12-37(13-11-35)21-4-5-22(24(30)16-21)27-33-26-25(23(29)17-31-28(26)34-27)32-20-6-8-36(9-7-20)18-19-2-3-19/h4-5,16-17,19-20H,2-3,6-15,18H2,1H3,(H2,31,32,33,34). The molecule has 0 atom stereocenters. The Morgan fingerprint density at radius 3 is 2.58 bits per heavy atom. The van der Waals surface area contributed by atoms with E-state index in [1.807, 2.05) is 12.1 Å². The number of imidazole rings is 1. The number of hydrogen-bond acceptors (Lipinski definition) is 7. The Morgan fingerprint density at radius 1 is 1.08 bits per heavy atom. The zero-order valence-corrected chi connectivity index (χ0v) is 23.6. The van der Waals surface area contributed by atoms with Gasteiger partial charge in [-0.1, -0.05) is 0 Å². The molecule has 8 nitrogen and oxygen atoms in total. The molecule has 0 amide bonds. The molecule has 2 aliphatic heterocycles. The summed E-state index contributed by atoms with van der Waals surface area (Å²) in [4.78, 5) is 19.8. The third-order valence-corrected chi connectivity index (χ3v) is 8.78. The molecule has 1 aliphatic carbocycles. The first-order valence-electron chi connectivity index (χ1n) is 13.9. The summed E-state index contributed by atoms with van der Waals surface area (Å²) in [7, 11) is 1.73. The predicted octanol–water partition coefficient (Wildman–Crippen LogP) is 4.58. The van der Waals surface area contributed by atoms with Crippen LogP contribution in [0.1, 0.15) is 25.7 Å². The van der Waals surface area contributed by atoms with Gasteiger partial charge in [-0.3, -0.25) is 4.90 Å². The largest absolute Gasteiger partial charge is 0.383 e. The highest BCUT2D eigenvalue weighted by Crippen LogP contribution is 2.34. The van der Waals surface area contributed by atoms with Gasteiger partial charge in [0.15, 0.2) is 5.65 Å². The number of pyridine rings is 1. The molecule has 204 valence electrons. The Labute approximate surface area is 232 Å². The van der Waals surface area contributed by atoms with Crippen LogP contribution in [0, 0.1) is 11.7 Å². The summed E-state index contributed by atoms with van der Waals surface area (Å²) >= 11 is 3.68. The Hall–Kier alpha value is -2.27. The number of ether oxygens (including phenoxy) is 1. The zero-order valence-electron chi connectivity index (χ0n) is 22.1. The van der Waals surface area contributed by atoms with Crippen LogP contribution in [0.4, 0.5) is 15.8 Å². The Morgan fingerprint density at radius 2 is 1.87 bits per heavy atom. The van der Waals surface area contributed by atoms with E-state index in [0.29, 0.717) is 23.1 Å². The Bertz CT molecular complexity index is 1250. The molecule has 1 aromatic carbocycles. The van der Waals surface area contributed by atoms with Gasteiger partial charge >= 0.3 is 0 Å². The van der Waals surface area contributed by atoms with E-state index in [1.54, 1.807) is 19.4 Å². The summed E-state index contributed by atoms with van der Waals surface area (Å²) in [6.45, 7) is 8.85. The SMILES string of the molecule is COCCN1CCN(c2ccc(-c3nc4ncc(Br)c(NC5CCN(CC6CC6)CC5)c4[nH]3)c(F)c2)CC1. The van der Waals surface area contributed by atoms with Crippen molar-refractivity contribution in [3.8, 4) is 11.4 Å². The van der Waals surface area contributed by atoms with Gasteiger partial charge in [0, 0.05) is 77.4 Å². The first-order chi connectivity index (χ1) is 18.6. The number of H-pyrrole nitrogens is 1. The van der Waals surface area contributed by atoms with Crippen LogP contribution in [0.25, 0.3) is 22.6 Å². The number of nitrogens with zero attached hydrogens (tertiary/aromatic N) is 5. The lowest BCUT2D eigenvalue weighted by Crippen LogP contribution is -2.47. The third-order valence-electron chi connectivity index (χ3n) is 8.18. The topological polar surface area (TPSA) is 72.6 Å². The quantitative estimate of drug-likeness (QED) is 0.381. The molecule has 4 heterocycles. The van der Waals surface area contributed by atoms with E-state index < -0.39 is 0 Å². The molecule has 2 N–H and O–H groups in total. The summed E-state index contributed by atoms with van der Waals surface area (Å²) < 4.78 is 21.5. The van der Waals surface area contributed by atoms with Gasteiger partial charge in [-0.15, -0.1) is 0 Å². The minimum absolute atomic E-state index is 0.278. The van der Waals surface area contributed by atoms with E-state index in [1.165, 1.54) is 19.4 Å². The molecule has 0 spiro atoms. The first kappa shape index (κ1) is 26.0. The number of halogens is 2.